The molecule has 0 saturated carbocycles. The van der Waals surface area contributed by atoms with Gasteiger partial charge < -0.3 is 9.47 Å². The number of halogens is 2. The van der Waals surface area contributed by atoms with E-state index in [1.807, 2.05) is 13.0 Å². The fourth-order valence-electron chi connectivity index (χ4n) is 3.39. The van der Waals surface area contributed by atoms with Crippen molar-refractivity contribution in [2.45, 2.75) is 13.5 Å². The SMILES string of the molecule is Cc1nc(C2=CCOC2)sc1Oc1ccc(-n2ncn(Cc3c(F)cccc3F)c2=O)cc1. The average molecular weight is 468 g/mol. The lowest BCUT2D eigenvalue weighted by Crippen LogP contribution is -2.24. The summed E-state index contributed by atoms with van der Waals surface area (Å²) in [5.74, 6) is -0.849. The van der Waals surface area contributed by atoms with Gasteiger partial charge in [0.05, 0.1) is 31.1 Å². The second-order valence-corrected chi connectivity index (χ2v) is 8.35. The van der Waals surface area contributed by atoms with Crippen LogP contribution in [0.4, 0.5) is 8.78 Å². The Balaban J connectivity index is 1.34. The predicted molar refractivity (Wildman–Crippen MR) is 119 cm³/mol. The first-order chi connectivity index (χ1) is 16.0. The molecular formula is C23H18F2N4O3S. The lowest BCUT2D eigenvalue weighted by molar-refractivity contribution is 0.216. The van der Waals surface area contributed by atoms with Crippen molar-refractivity contribution >= 4 is 16.9 Å². The molecule has 0 aliphatic carbocycles. The van der Waals surface area contributed by atoms with Gasteiger partial charge in [-0.2, -0.15) is 9.78 Å². The maximum Gasteiger partial charge on any atom is 0.350 e. The quantitative estimate of drug-likeness (QED) is 0.421. The average Bonchev–Trinajstić information content (AvgIpc) is 3.54. The Morgan fingerprint density at radius 2 is 1.91 bits per heavy atom. The molecule has 0 fully saturated rings. The second-order valence-electron chi connectivity index (χ2n) is 7.39. The lowest BCUT2D eigenvalue weighted by atomic mass is 10.2. The van der Waals surface area contributed by atoms with E-state index in [-0.39, 0.29) is 12.1 Å². The van der Waals surface area contributed by atoms with E-state index >= 15 is 0 Å². The van der Waals surface area contributed by atoms with E-state index in [0.717, 1.165) is 37.7 Å². The predicted octanol–water partition coefficient (Wildman–Crippen LogP) is 4.33. The van der Waals surface area contributed by atoms with Crippen LogP contribution in [0.25, 0.3) is 11.3 Å². The van der Waals surface area contributed by atoms with E-state index in [1.165, 1.54) is 23.7 Å². The van der Waals surface area contributed by atoms with E-state index in [9.17, 15) is 13.6 Å². The Morgan fingerprint density at radius 1 is 1.15 bits per heavy atom. The molecule has 0 spiro atoms. The molecule has 5 rings (SSSR count). The van der Waals surface area contributed by atoms with Crippen molar-refractivity contribution in [3.05, 3.63) is 93.3 Å². The lowest BCUT2D eigenvalue weighted by Gasteiger charge is -2.06. The van der Waals surface area contributed by atoms with Crippen molar-refractivity contribution in [1.29, 1.82) is 0 Å². The van der Waals surface area contributed by atoms with Crippen LogP contribution in [0.2, 0.25) is 0 Å². The van der Waals surface area contributed by atoms with Crippen LogP contribution in [0, 0.1) is 18.6 Å². The molecule has 33 heavy (non-hydrogen) atoms. The summed E-state index contributed by atoms with van der Waals surface area (Å²) in [7, 11) is 0. The molecule has 2 aromatic carbocycles. The van der Waals surface area contributed by atoms with Crippen LogP contribution < -0.4 is 10.4 Å². The highest BCUT2D eigenvalue weighted by molar-refractivity contribution is 7.14. The summed E-state index contributed by atoms with van der Waals surface area (Å²) in [5, 5.41) is 5.63. The summed E-state index contributed by atoms with van der Waals surface area (Å²) < 4.78 is 41.5. The molecule has 0 radical (unpaired) electrons. The third kappa shape index (κ3) is 4.22. The van der Waals surface area contributed by atoms with Gasteiger partial charge in [-0.25, -0.2) is 18.6 Å². The Morgan fingerprint density at radius 3 is 2.61 bits per heavy atom. The van der Waals surface area contributed by atoms with Gasteiger partial charge in [0, 0.05) is 11.1 Å². The number of aryl methyl sites for hydroxylation is 1. The third-order valence-electron chi connectivity index (χ3n) is 5.15. The first-order valence-electron chi connectivity index (χ1n) is 10.1. The van der Waals surface area contributed by atoms with Gasteiger partial charge >= 0.3 is 5.69 Å². The molecule has 0 unspecified atom stereocenters. The van der Waals surface area contributed by atoms with Crippen molar-refractivity contribution in [1.82, 2.24) is 19.3 Å². The van der Waals surface area contributed by atoms with Crippen LogP contribution in [0.1, 0.15) is 16.3 Å². The molecule has 7 nitrogen and oxygen atoms in total. The minimum Gasteiger partial charge on any atom is -0.445 e. The van der Waals surface area contributed by atoms with Crippen molar-refractivity contribution in [2.24, 2.45) is 0 Å². The van der Waals surface area contributed by atoms with E-state index in [2.05, 4.69) is 10.1 Å². The highest BCUT2D eigenvalue weighted by atomic mass is 32.1. The number of rotatable bonds is 6. The summed E-state index contributed by atoms with van der Waals surface area (Å²) in [6, 6.07) is 10.4. The van der Waals surface area contributed by atoms with Crippen molar-refractivity contribution in [3.63, 3.8) is 0 Å². The van der Waals surface area contributed by atoms with Gasteiger partial charge in [-0.05, 0) is 43.3 Å². The Hall–Kier alpha value is -3.63. The third-order valence-corrected chi connectivity index (χ3v) is 6.26. The summed E-state index contributed by atoms with van der Waals surface area (Å²) >= 11 is 1.45. The van der Waals surface area contributed by atoms with Gasteiger partial charge in [0.1, 0.15) is 28.7 Å². The number of hydrogen-bond donors (Lipinski definition) is 0. The maximum atomic E-state index is 13.9. The molecule has 1 aliphatic rings. The van der Waals surface area contributed by atoms with Gasteiger partial charge in [0.25, 0.3) is 0 Å². The maximum absolute atomic E-state index is 13.9. The molecule has 168 valence electrons. The highest BCUT2D eigenvalue weighted by Gasteiger charge is 2.17. The number of aromatic nitrogens is 4. The van der Waals surface area contributed by atoms with Crippen LogP contribution in [0.3, 0.4) is 0 Å². The Kier molecular flexibility index (Phi) is 5.61. The van der Waals surface area contributed by atoms with Crippen LogP contribution in [0.15, 0.2) is 59.7 Å². The largest absolute Gasteiger partial charge is 0.445 e. The molecule has 4 aromatic rings. The van der Waals surface area contributed by atoms with Gasteiger partial charge in [0.2, 0.25) is 5.06 Å². The summed E-state index contributed by atoms with van der Waals surface area (Å²) in [5.41, 5.74) is 1.62. The molecule has 3 heterocycles. The number of thiazole rings is 1. The minimum atomic E-state index is -0.714. The van der Waals surface area contributed by atoms with Crippen LogP contribution in [-0.4, -0.2) is 32.5 Å². The molecule has 0 amide bonds. The normalized spacial score (nSPS) is 13.4. The summed E-state index contributed by atoms with van der Waals surface area (Å²) in [4.78, 5) is 17.3. The molecule has 0 N–H and O–H groups in total. The molecule has 1 aliphatic heterocycles. The Bertz CT molecular complexity index is 1390. The standard InChI is InChI=1S/C23H18F2N4O3S/c1-14-22(33-21(27-14)15-9-10-31-12-15)32-17-7-5-16(6-8-17)29-23(30)28(13-26-29)11-18-19(24)3-2-4-20(18)25/h2-9,13H,10-12H2,1H3. The smallest absolute Gasteiger partial charge is 0.350 e. The van der Waals surface area contributed by atoms with E-state index in [1.54, 1.807) is 24.3 Å². The second kappa shape index (κ2) is 8.72. The topological polar surface area (TPSA) is 71.2 Å². The molecule has 0 bridgehead atoms. The van der Waals surface area contributed by atoms with Crippen molar-refractivity contribution < 1.29 is 18.3 Å². The molecular weight excluding hydrogens is 450 g/mol. The fourth-order valence-corrected chi connectivity index (χ4v) is 4.35. The summed E-state index contributed by atoms with van der Waals surface area (Å²) in [6.07, 6.45) is 3.26. The first-order valence-corrected chi connectivity index (χ1v) is 10.9. The van der Waals surface area contributed by atoms with Gasteiger partial charge in [-0.15, -0.1) is 0 Å². The first kappa shape index (κ1) is 21.2. The van der Waals surface area contributed by atoms with Gasteiger partial charge in [0.15, 0.2) is 0 Å². The van der Waals surface area contributed by atoms with E-state index in [0.29, 0.717) is 29.7 Å². The summed E-state index contributed by atoms with van der Waals surface area (Å²) in [6.45, 7) is 2.76. The molecule has 0 atom stereocenters. The zero-order valence-corrected chi connectivity index (χ0v) is 18.3. The molecule has 2 aromatic heterocycles. The van der Waals surface area contributed by atoms with E-state index < -0.39 is 17.3 Å². The van der Waals surface area contributed by atoms with Crippen molar-refractivity contribution in [2.75, 3.05) is 13.2 Å². The molecule has 0 saturated heterocycles. The minimum absolute atomic E-state index is 0.192. The number of benzene rings is 2. The highest BCUT2D eigenvalue weighted by Crippen LogP contribution is 2.35. The van der Waals surface area contributed by atoms with E-state index in [4.69, 9.17) is 9.47 Å². The monoisotopic (exact) mass is 468 g/mol. The van der Waals surface area contributed by atoms with Gasteiger partial charge in [-0.3, -0.25) is 4.57 Å². The zero-order valence-electron chi connectivity index (χ0n) is 17.5. The number of hydrogen-bond acceptors (Lipinski definition) is 6. The van der Waals surface area contributed by atoms with Gasteiger partial charge in [-0.1, -0.05) is 23.5 Å². The van der Waals surface area contributed by atoms with Crippen LogP contribution in [0.5, 0.6) is 10.8 Å². The van der Waals surface area contributed by atoms with Crippen LogP contribution in [-0.2, 0) is 11.3 Å². The van der Waals surface area contributed by atoms with Crippen molar-refractivity contribution in [3.8, 4) is 16.5 Å². The van der Waals surface area contributed by atoms with Crippen LogP contribution >= 0.6 is 11.3 Å². The molecule has 10 heteroatoms. The number of ether oxygens (including phenoxy) is 2. The number of nitrogens with zero attached hydrogens (tertiary/aromatic N) is 4. The fraction of sp³-hybridized carbons (Fsp3) is 0.174. The Labute approximate surface area is 191 Å². The zero-order chi connectivity index (χ0) is 22.9.